The lowest BCUT2D eigenvalue weighted by atomic mass is 9.96. The molecule has 1 aliphatic carbocycles. The fourth-order valence-electron chi connectivity index (χ4n) is 3.45. The van der Waals surface area contributed by atoms with Crippen molar-refractivity contribution in [2.45, 2.75) is 51.0 Å². The SMILES string of the molecule is COC(=O)c1cnn(-c2ccc(C(=O)NC3CCCCCCC3)cc2)c1N. The van der Waals surface area contributed by atoms with E-state index in [9.17, 15) is 9.59 Å². The molecule has 2 aromatic rings. The van der Waals surface area contributed by atoms with Crippen molar-refractivity contribution in [1.82, 2.24) is 15.1 Å². The molecule has 3 N–H and O–H groups in total. The molecule has 7 nitrogen and oxygen atoms in total. The molecular formula is C20H26N4O3. The van der Waals surface area contributed by atoms with E-state index in [1.54, 1.807) is 24.3 Å². The van der Waals surface area contributed by atoms with Crippen molar-refractivity contribution >= 4 is 17.7 Å². The lowest BCUT2D eigenvalue weighted by Crippen LogP contribution is -2.35. The molecule has 1 saturated carbocycles. The third-order valence-electron chi connectivity index (χ3n) is 5.03. The number of nitrogen functional groups attached to an aromatic ring is 1. The van der Waals surface area contributed by atoms with E-state index in [4.69, 9.17) is 5.73 Å². The Morgan fingerprint density at radius 3 is 2.37 bits per heavy atom. The number of anilines is 1. The summed E-state index contributed by atoms with van der Waals surface area (Å²) in [5, 5.41) is 7.29. The molecule has 0 spiro atoms. The van der Waals surface area contributed by atoms with Gasteiger partial charge >= 0.3 is 5.97 Å². The Hall–Kier alpha value is -2.83. The molecule has 0 aliphatic heterocycles. The van der Waals surface area contributed by atoms with E-state index in [2.05, 4.69) is 15.2 Å². The van der Waals surface area contributed by atoms with Crippen LogP contribution in [0.2, 0.25) is 0 Å². The number of esters is 1. The van der Waals surface area contributed by atoms with Crippen LogP contribution >= 0.6 is 0 Å². The van der Waals surface area contributed by atoms with Gasteiger partial charge in [-0.05, 0) is 37.1 Å². The van der Waals surface area contributed by atoms with Crippen molar-refractivity contribution in [3.63, 3.8) is 0 Å². The van der Waals surface area contributed by atoms with Gasteiger partial charge in [0, 0.05) is 11.6 Å². The van der Waals surface area contributed by atoms with Gasteiger partial charge < -0.3 is 15.8 Å². The van der Waals surface area contributed by atoms with E-state index in [1.807, 2.05) is 0 Å². The lowest BCUT2D eigenvalue weighted by Gasteiger charge is -2.21. The minimum atomic E-state index is -0.533. The number of benzene rings is 1. The molecule has 27 heavy (non-hydrogen) atoms. The van der Waals surface area contributed by atoms with Crippen LogP contribution in [0.1, 0.15) is 65.7 Å². The van der Waals surface area contributed by atoms with Crippen LogP contribution in [0.15, 0.2) is 30.5 Å². The highest BCUT2D eigenvalue weighted by Gasteiger charge is 2.18. The highest BCUT2D eigenvalue weighted by atomic mass is 16.5. The van der Waals surface area contributed by atoms with Crippen molar-refractivity contribution in [3.8, 4) is 5.69 Å². The van der Waals surface area contributed by atoms with Gasteiger partial charge in [-0.1, -0.05) is 32.1 Å². The maximum Gasteiger partial charge on any atom is 0.343 e. The molecule has 0 bridgehead atoms. The first-order valence-electron chi connectivity index (χ1n) is 9.43. The van der Waals surface area contributed by atoms with Gasteiger partial charge in [-0.25, -0.2) is 9.48 Å². The number of nitrogens with one attached hydrogen (secondary N) is 1. The van der Waals surface area contributed by atoms with Gasteiger partial charge in [0.15, 0.2) is 0 Å². The van der Waals surface area contributed by atoms with Gasteiger partial charge in [-0.2, -0.15) is 5.10 Å². The molecule has 0 saturated heterocycles. The fourth-order valence-corrected chi connectivity index (χ4v) is 3.45. The van der Waals surface area contributed by atoms with Gasteiger partial charge in [-0.15, -0.1) is 0 Å². The van der Waals surface area contributed by atoms with Gasteiger partial charge in [0.25, 0.3) is 5.91 Å². The summed E-state index contributed by atoms with van der Waals surface area (Å²) in [6.07, 6.45) is 9.61. The zero-order chi connectivity index (χ0) is 19.2. The van der Waals surface area contributed by atoms with Gasteiger partial charge in [0.1, 0.15) is 11.4 Å². The van der Waals surface area contributed by atoms with Gasteiger partial charge in [0.2, 0.25) is 0 Å². The van der Waals surface area contributed by atoms with Crippen LogP contribution in [0.5, 0.6) is 0 Å². The topological polar surface area (TPSA) is 99.2 Å². The molecule has 1 amide bonds. The predicted molar refractivity (Wildman–Crippen MR) is 103 cm³/mol. The summed E-state index contributed by atoms with van der Waals surface area (Å²) in [5.41, 5.74) is 7.46. The minimum Gasteiger partial charge on any atom is -0.465 e. The van der Waals surface area contributed by atoms with Crippen LogP contribution in [0.3, 0.4) is 0 Å². The average Bonchev–Trinajstić information content (AvgIpc) is 3.04. The third-order valence-corrected chi connectivity index (χ3v) is 5.03. The molecule has 0 atom stereocenters. The molecule has 144 valence electrons. The Morgan fingerprint density at radius 1 is 1.11 bits per heavy atom. The maximum absolute atomic E-state index is 12.5. The van der Waals surface area contributed by atoms with Crippen molar-refractivity contribution < 1.29 is 14.3 Å². The molecule has 0 unspecified atom stereocenters. The summed E-state index contributed by atoms with van der Waals surface area (Å²) in [6.45, 7) is 0. The monoisotopic (exact) mass is 370 g/mol. The third kappa shape index (κ3) is 4.48. The van der Waals surface area contributed by atoms with Gasteiger partial charge in [0.05, 0.1) is 19.0 Å². The predicted octanol–water partition coefficient (Wildman–Crippen LogP) is 3.08. The number of carbonyl (C=O) groups excluding carboxylic acids is 2. The number of nitrogens with zero attached hydrogens (tertiary/aromatic N) is 2. The first-order chi connectivity index (χ1) is 13.1. The summed E-state index contributed by atoms with van der Waals surface area (Å²) >= 11 is 0. The van der Waals surface area contributed by atoms with Crippen LogP contribution in [0.4, 0.5) is 5.82 Å². The van der Waals surface area contributed by atoms with E-state index in [1.165, 1.54) is 50.1 Å². The lowest BCUT2D eigenvalue weighted by molar-refractivity contribution is 0.0601. The van der Waals surface area contributed by atoms with Crippen molar-refractivity contribution in [3.05, 3.63) is 41.6 Å². The number of rotatable bonds is 4. The molecule has 1 aromatic carbocycles. The molecule has 3 rings (SSSR count). The number of ether oxygens (including phenoxy) is 1. The number of aromatic nitrogens is 2. The smallest absolute Gasteiger partial charge is 0.343 e. The van der Waals surface area contributed by atoms with Crippen molar-refractivity contribution in [2.75, 3.05) is 12.8 Å². The standard InChI is InChI=1S/C20H26N4O3/c1-27-20(26)17-13-22-24(18(17)21)16-11-9-14(10-12-16)19(25)23-15-7-5-3-2-4-6-8-15/h9-13,15H,2-8,21H2,1H3,(H,23,25). The summed E-state index contributed by atoms with van der Waals surface area (Å²) in [6, 6.07) is 7.26. The highest BCUT2D eigenvalue weighted by Crippen LogP contribution is 2.20. The van der Waals surface area contributed by atoms with Crippen molar-refractivity contribution in [2.24, 2.45) is 0 Å². The Bertz CT molecular complexity index is 790. The Labute approximate surface area is 158 Å². The van der Waals surface area contributed by atoms with E-state index < -0.39 is 5.97 Å². The van der Waals surface area contributed by atoms with E-state index in [-0.39, 0.29) is 23.3 Å². The first-order valence-corrected chi connectivity index (χ1v) is 9.43. The Kier molecular flexibility index (Phi) is 6.11. The normalized spacial score (nSPS) is 15.6. The quantitative estimate of drug-likeness (QED) is 0.806. The van der Waals surface area contributed by atoms with Crippen molar-refractivity contribution in [1.29, 1.82) is 0 Å². The number of hydrogen-bond donors (Lipinski definition) is 2. The number of nitrogens with two attached hydrogens (primary N) is 1. The minimum absolute atomic E-state index is 0.0594. The van der Waals surface area contributed by atoms with E-state index >= 15 is 0 Å². The Balaban J connectivity index is 1.68. The second kappa shape index (κ2) is 8.70. The first kappa shape index (κ1) is 18.9. The average molecular weight is 370 g/mol. The zero-order valence-corrected chi connectivity index (χ0v) is 15.6. The largest absolute Gasteiger partial charge is 0.465 e. The van der Waals surface area contributed by atoms with Crippen LogP contribution in [0, 0.1) is 0 Å². The van der Waals surface area contributed by atoms with Crippen LogP contribution in [-0.4, -0.2) is 34.8 Å². The number of carbonyl (C=O) groups is 2. The van der Waals surface area contributed by atoms with Gasteiger partial charge in [-0.3, -0.25) is 4.79 Å². The molecule has 7 heteroatoms. The molecular weight excluding hydrogens is 344 g/mol. The molecule has 1 aliphatic rings. The Morgan fingerprint density at radius 2 is 1.74 bits per heavy atom. The number of methoxy groups -OCH3 is 1. The van der Waals surface area contributed by atoms with E-state index in [0.717, 1.165) is 12.8 Å². The summed E-state index contributed by atoms with van der Waals surface area (Å²) in [7, 11) is 1.29. The van der Waals surface area contributed by atoms with Crippen LogP contribution < -0.4 is 11.1 Å². The molecule has 0 radical (unpaired) electrons. The molecule has 1 heterocycles. The fraction of sp³-hybridized carbons (Fsp3) is 0.450. The highest BCUT2D eigenvalue weighted by molar-refractivity contribution is 5.95. The second-order valence-electron chi connectivity index (χ2n) is 6.91. The number of amides is 1. The second-order valence-corrected chi connectivity index (χ2v) is 6.91. The summed E-state index contributed by atoms with van der Waals surface area (Å²) in [4.78, 5) is 24.2. The van der Waals surface area contributed by atoms with E-state index in [0.29, 0.717) is 11.3 Å². The number of hydrogen-bond acceptors (Lipinski definition) is 5. The van der Waals surface area contributed by atoms with Crippen LogP contribution in [0.25, 0.3) is 5.69 Å². The zero-order valence-electron chi connectivity index (χ0n) is 15.6. The summed E-state index contributed by atoms with van der Waals surface area (Å²) < 4.78 is 6.13. The summed E-state index contributed by atoms with van der Waals surface area (Å²) in [5.74, 6) is -0.390. The molecule has 1 aromatic heterocycles. The maximum atomic E-state index is 12.5. The van der Waals surface area contributed by atoms with Crippen LogP contribution in [-0.2, 0) is 4.74 Å². The molecule has 1 fully saturated rings.